The average Bonchev–Trinajstić information content (AvgIpc) is 3.41. The number of thiophene rings is 1. The highest BCUT2D eigenvalue weighted by atomic mass is 32.2. The summed E-state index contributed by atoms with van der Waals surface area (Å²) >= 11 is 2.81. The Morgan fingerprint density at radius 3 is 2.55 bits per heavy atom. The molecule has 0 saturated carbocycles. The van der Waals surface area contributed by atoms with Gasteiger partial charge in [-0.15, -0.1) is 11.3 Å². The number of carbonyl (C=O) groups is 1. The molecule has 0 radical (unpaired) electrons. The maximum Gasteiger partial charge on any atom is 0.276 e. The molecular weight excluding hydrogens is 402 g/mol. The van der Waals surface area contributed by atoms with Crippen LogP contribution in [-0.4, -0.2) is 39.2 Å². The van der Waals surface area contributed by atoms with Crippen LogP contribution in [0.2, 0.25) is 0 Å². The molecular formula is C22H19N3O2S2. The van der Waals surface area contributed by atoms with Crippen LogP contribution in [0, 0.1) is 0 Å². The van der Waals surface area contributed by atoms with Gasteiger partial charge in [0.1, 0.15) is 4.70 Å². The molecule has 0 aliphatic carbocycles. The van der Waals surface area contributed by atoms with Gasteiger partial charge < -0.3 is 4.90 Å². The van der Waals surface area contributed by atoms with Crippen LogP contribution in [0.25, 0.3) is 26.0 Å². The van der Waals surface area contributed by atoms with Gasteiger partial charge in [-0.3, -0.25) is 14.2 Å². The summed E-state index contributed by atoms with van der Waals surface area (Å²) in [7, 11) is 0. The van der Waals surface area contributed by atoms with Gasteiger partial charge in [0.25, 0.3) is 5.56 Å². The quantitative estimate of drug-likeness (QED) is 0.364. The number of hydrogen-bond donors (Lipinski definition) is 0. The Bertz CT molecular complexity index is 1260. The first kappa shape index (κ1) is 18.4. The van der Waals surface area contributed by atoms with E-state index >= 15 is 0 Å². The molecule has 7 heteroatoms. The predicted octanol–water partition coefficient (Wildman–Crippen LogP) is 4.31. The third-order valence-corrected chi connectivity index (χ3v) is 7.23. The number of amides is 1. The van der Waals surface area contributed by atoms with Crippen LogP contribution in [0.1, 0.15) is 12.8 Å². The van der Waals surface area contributed by atoms with Crippen LogP contribution in [0.3, 0.4) is 0 Å². The molecule has 1 aliphatic heterocycles. The number of aromatic nitrogens is 2. The van der Waals surface area contributed by atoms with E-state index in [1.807, 2.05) is 59.5 Å². The Morgan fingerprint density at radius 2 is 1.76 bits per heavy atom. The van der Waals surface area contributed by atoms with E-state index < -0.39 is 0 Å². The van der Waals surface area contributed by atoms with Crippen molar-refractivity contribution in [3.63, 3.8) is 0 Å². The zero-order valence-electron chi connectivity index (χ0n) is 15.7. The summed E-state index contributed by atoms with van der Waals surface area (Å²) in [5.41, 5.74) is 1.40. The lowest BCUT2D eigenvalue weighted by atomic mass is 10.2. The normalized spacial score (nSPS) is 14.1. The molecule has 0 bridgehead atoms. The fraction of sp³-hybridized carbons (Fsp3) is 0.227. The second kappa shape index (κ2) is 7.65. The first-order chi connectivity index (χ1) is 14.2. The van der Waals surface area contributed by atoms with Crippen LogP contribution in [0.5, 0.6) is 0 Å². The molecule has 0 unspecified atom stereocenters. The number of para-hydroxylation sites is 1. The number of rotatable bonds is 4. The maximum absolute atomic E-state index is 13.4. The lowest BCUT2D eigenvalue weighted by Gasteiger charge is -2.16. The Balaban J connectivity index is 1.64. The van der Waals surface area contributed by atoms with Crippen molar-refractivity contribution in [1.29, 1.82) is 0 Å². The third kappa shape index (κ3) is 3.34. The SMILES string of the molecule is O=C(CSc1nc2c(sc3ccccc32)c(=O)n1-c1ccccc1)N1CCCC1. The van der Waals surface area contributed by atoms with Crippen molar-refractivity contribution in [3.8, 4) is 5.69 Å². The molecule has 1 amide bonds. The highest BCUT2D eigenvalue weighted by Crippen LogP contribution is 2.32. The van der Waals surface area contributed by atoms with Crippen molar-refractivity contribution >= 4 is 49.3 Å². The fourth-order valence-electron chi connectivity index (χ4n) is 3.71. The monoisotopic (exact) mass is 421 g/mol. The predicted molar refractivity (Wildman–Crippen MR) is 119 cm³/mol. The average molecular weight is 422 g/mol. The van der Waals surface area contributed by atoms with Gasteiger partial charge in [-0.05, 0) is 31.0 Å². The van der Waals surface area contributed by atoms with E-state index in [0.29, 0.717) is 9.86 Å². The molecule has 1 saturated heterocycles. The molecule has 0 atom stereocenters. The van der Waals surface area contributed by atoms with E-state index in [1.165, 1.54) is 23.1 Å². The zero-order chi connectivity index (χ0) is 19.8. The van der Waals surface area contributed by atoms with E-state index in [0.717, 1.165) is 47.2 Å². The number of hydrogen-bond acceptors (Lipinski definition) is 5. The summed E-state index contributed by atoms with van der Waals surface area (Å²) in [5, 5.41) is 1.54. The Morgan fingerprint density at radius 1 is 1.03 bits per heavy atom. The van der Waals surface area contributed by atoms with E-state index in [4.69, 9.17) is 4.98 Å². The highest BCUT2D eigenvalue weighted by molar-refractivity contribution is 7.99. The molecule has 146 valence electrons. The molecule has 0 spiro atoms. The highest BCUT2D eigenvalue weighted by Gasteiger charge is 2.21. The summed E-state index contributed by atoms with van der Waals surface area (Å²) in [6.07, 6.45) is 2.13. The molecule has 1 aliphatic rings. The van der Waals surface area contributed by atoms with Crippen molar-refractivity contribution in [2.75, 3.05) is 18.8 Å². The summed E-state index contributed by atoms with van der Waals surface area (Å²) in [5.74, 6) is 0.393. The summed E-state index contributed by atoms with van der Waals surface area (Å²) in [6, 6.07) is 17.5. The number of nitrogens with zero attached hydrogens (tertiary/aromatic N) is 3. The summed E-state index contributed by atoms with van der Waals surface area (Å²) in [4.78, 5) is 32.8. The van der Waals surface area contributed by atoms with Gasteiger partial charge in [0.15, 0.2) is 5.16 Å². The number of likely N-dealkylation sites (tertiary alicyclic amines) is 1. The largest absolute Gasteiger partial charge is 0.342 e. The number of fused-ring (bicyclic) bond motifs is 3. The fourth-order valence-corrected chi connectivity index (χ4v) is 5.69. The third-order valence-electron chi connectivity index (χ3n) is 5.16. The van der Waals surface area contributed by atoms with Crippen molar-refractivity contribution in [3.05, 3.63) is 65.0 Å². The van der Waals surface area contributed by atoms with Crippen molar-refractivity contribution in [2.24, 2.45) is 0 Å². The van der Waals surface area contributed by atoms with Gasteiger partial charge >= 0.3 is 0 Å². The van der Waals surface area contributed by atoms with Crippen LogP contribution in [0.15, 0.2) is 64.5 Å². The topological polar surface area (TPSA) is 55.2 Å². The first-order valence-corrected chi connectivity index (χ1v) is 11.4. The minimum Gasteiger partial charge on any atom is -0.342 e. The Hall–Kier alpha value is -2.64. The molecule has 29 heavy (non-hydrogen) atoms. The molecule has 2 aromatic carbocycles. The second-order valence-electron chi connectivity index (χ2n) is 7.02. The number of carbonyl (C=O) groups excluding carboxylic acids is 1. The van der Waals surface area contributed by atoms with Crippen molar-refractivity contribution in [2.45, 2.75) is 18.0 Å². The van der Waals surface area contributed by atoms with E-state index in [2.05, 4.69) is 0 Å². The van der Waals surface area contributed by atoms with Gasteiger partial charge in [-0.25, -0.2) is 4.98 Å². The van der Waals surface area contributed by atoms with Crippen LogP contribution in [-0.2, 0) is 4.79 Å². The van der Waals surface area contributed by atoms with E-state index in [9.17, 15) is 9.59 Å². The van der Waals surface area contributed by atoms with E-state index in [-0.39, 0.29) is 17.2 Å². The molecule has 5 nitrogen and oxygen atoms in total. The van der Waals surface area contributed by atoms with Gasteiger partial charge in [0.05, 0.1) is 17.0 Å². The van der Waals surface area contributed by atoms with Gasteiger partial charge in [-0.2, -0.15) is 0 Å². The first-order valence-electron chi connectivity index (χ1n) is 9.62. The molecule has 4 aromatic rings. The van der Waals surface area contributed by atoms with E-state index in [1.54, 1.807) is 4.57 Å². The Labute approximate surface area is 176 Å². The van der Waals surface area contributed by atoms with Gasteiger partial charge in [-0.1, -0.05) is 48.2 Å². The lowest BCUT2D eigenvalue weighted by Crippen LogP contribution is -2.29. The zero-order valence-corrected chi connectivity index (χ0v) is 17.3. The standard InChI is InChI=1S/C22H19N3O2S2/c26-18(24-12-6-7-13-24)14-28-22-23-19-16-10-4-5-11-17(16)29-20(19)21(27)25(22)15-8-2-1-3-9-15/h1-5,8-11H,6-7,12-14H2. The van der Waals surface area contributed by atoms with Gasteiger partial charge in [0, 0.05) is 23.2 Å². The second-order valence-corrected chi connectivity index (χ2v) is 9.02. The maximum atomic E-state index is 13.4. The molecule has 2 aromatic heterocycles. The van der Waals surface area contributed by atoms with Crippen LogP contribution < -0.4 is 5.56 Å². The molecule has 3 heterocycles. The summed E-state index contributed by atoms with van der Waals surface area (Å²) < 4.78 is 3.33. The van der Waals surface area contributed by atoms with Gasteiger partial charge in [0.2, 0.25) is 5.91 Å². The minimum atomic E-state index is -0.0847. The van der Waals surface area contributed by atoms with Crippen molar-refractivity contribution < 1.29 is 4.79 Å². The molecule has 5 rings (SSSR count). The minimum absolute atomic E-state index is 0.0847. The smallest absolute Gasteiger partial charge is 0.276 e. The lowest BCUT2D eigenvalue weighted by molar-refractivity contribution is -0.127. The molecule has 0 N–H and O–H groups in total. The number of benzene rings is 2. The molecule has 1 fully saturated rings. The van der Waals surface area contributed by atoms with Crippen molar-refractivity contribution in [1.82, 2.24) is 14.5 Å². The number of thioether (sulfide) groups is 1. The van der Waals surface area contributed by atoms with Crippen LogP contribution in [0.4, 0.5) is 0 Å². The van der Waals surface area contributed by atoms with Crippen LogP contribution >= 0.6 is 23.1 Å². The summed E-state index contributed by atoms with van der Waals surface area (Å²) in [6.45, 7) is 1.65. The Kier molecular flexibility index (Phi) is 4.85.